The third-order valence-electron chi connectivity index (χ3n) is 2.62. The Balaban J connectivity index is 3.01. The number of aliphatic imine (C=N–C) groups is 1. The molecule has 5 nitrogen and oxygen atoms in total. The number of nitrogens with two attached hydrogens (primary N) is 3. The van der Waals surface area contributed by atoms with E-state index < -0.39 is 0 Å². The molecule has 96 valence electrons. The molecule has 0 amide bonds. The number of benzene rings is 1. The molecule has 1 atom stereocenters. The van der Waals surface area contributed by atoms with E-state index in [1.807, 2.05) is 12.1 Å². The molecule has 0 saturated carbocycles. The van der Waals surface area contributed by atoms with E-state index in [1.54, 1.807) is 12.1 Å². The third-order valence-corrected chi connectivity index (χ3v) is 2.62. The second-order valence-corrected chi connectivity index (χ2v) is 4.12. The third kappa shape index (κ3) is 3.62. The van der Waals surface area contributed by atoms with E-state index in [9.17, 15) is 0 Å². The van der Waals surface area contributed by atoms with E-state index in [4.69, 9.17) is 22.6 Å². The highest BCUT2D eigenvalue weighted by Crippen LogP contribution is 2.18. The van der Waals surface area contributed by atoms with Crippen molar-refractivity contribution in [1.29, 1.82) is 5.41 Å². The Kier molecular flexibility index (Phi) is 4.92. The van der Waals surface area contributed by atoms with E-state index in [-0.39, 0.29) is 0 Å². The number of nitrogen functional groups attached to an aromatic ring is 1. The molecule has 0 heterocycles. The summed E-state index contributed by atoms with van der Waals surface area (Å²) < 4.78 is 0. The predicted octanol–water partition coefficient (Wildman–Crippen LogP) is 1.23. The molecule has 7 N–H and O–H groups in total. The fourth-order valence-corrected chi connectivity index (χ4v) is 1.69. The van der Waals surface area contributed by atoms with Gasteiger partial charge in [0.2, 0.25) is 0 Å². The van der Waals surface area contributed by atoms with Gasteiger partial charge in [0, 0.05) is 11.3 Å². The number of allylic oxidation sites excluding steroid dienone is 1. The van der Waals surface area contributed by atoms with Crippen molar-refractivity contribution in [2.75, 3.05) is 5.73 Å². The normalized spacial score (nSPS) is 13.7. The lowest BCUT2D eigenvalue weighted by molar-refractivity contribution is 0.723. The summed E-state index contributed by atoms with van der Waals surface area (Å²) in [5.74, 6) is 0.613. The maximum absolute atomic E-state index is 6.91. The summed E-state index contributed by atoms with van der Waals surface area (Å²) >= 11 is 0. The quantitative estimate of drug-likeness (QED) is 0.355. The summed E-state index contributed by atoms with van der Waals surface area (Å²) in [6, 6.07) is 5.50. The molecule has 1 aromatic carbocycles. The van der Waals surface area contributed by atoms with Crippen LogP contribution in [0.5, 0.6) is 0 Å². The topological polar surface area (TPSA) is 114 Å². The first-order valence-corrected chi connectivity index (χ1v) is 5.68. The highest BCUT2D eigenvalue weighted by atomic mass is 14.9. The molecule has 0 aliphatic heterocycles. The van der Waals surface area contributed by atoms with Crippen LogP contribution in [0, 0.1) is 11.3 Å². The second-order valence-electron chi connectivity index (χ2n) is 4.12. The zero-order valence-corrected chi connectivity index (χ0v) is 10.4. The van der Waals surface area contributed by atoms with Gasteiger partial charge in [0.25, 0.3) is 0 Å². The molecular formula is C13H19N5. The van der Waals surface area contributed by atoms with Gasteiger partial charge in [-0.05, 0) is 42.3 Å². The van der Waals surface area contributed by atoms with Gasteiger partial charge in [0.1, 0.15) is 12.2 Å². The number of anilines is 1. The highest BCUT2D eigenvalue weighted by molar-refractivity contribution is 6.01. The molecule has 1 aromatic rings. The van der Waals surface area contributed by atoms with E-state index >= 15 is 0 Å². The Labute approximate surface area is 107 Å². The summed E-state index contributed by atoms with van der Waals surface area (Å²) in [7, 11) is 0. The Morgan fingerprint density at radius 3 is 2.83 bits per heavy atom. The molecule has 0 bridgehead atoms. The van der Waals surface area contributed by atoms with E-state index in [0.29, 0.717) is 11.8 Å². The van der Waals surface area contributed by atoms with E-state index in [1.165, 1.54) is 6.20 Å². The molecule has 5 heteroatoms. The van der Waals surface area contributed by atoms with Crippen LogP contribution in [0.3, 0.4) is 0 Å². The first-order chi connectivity index (χ1) is 8.58. The van der Waals surface area contributed by atoms with Gasteiger partial charge in [-0.15, -0.1) is 0 Å². The molecule has 0 fully saturated rings. The molecule has 0 aliphatic carbocycles. The minimum absolute atomic E-state index is 0.299. The minimum atomic E-state index is 0.299. The van der Waals surface area contributed by atoms with Crippen molar-refractivity contribution in [1.82, 2.24) is 0 Å². The molecule has 1 unspecified atom stereocenters. The Hall–Kier alpha value is -2.30. The van der Waals surface area contributed by atoms with Crippen LogP contribution in [-0.4, -0.2) is 12.2 Å². The highest BCUT2D eigenvalue weighted by Gasteiger charge is 2.07. The number of nitrogens with one attached hydrogen (secondary N) is 1. The standard InChI is InChI=1S/C13H19N5/c1-9(4-5-14)6-11-7-10(2-3-12(11)16)13(17)18-8-15/h2-5,7-9H,6,14,16H2,1H3,(H3,15,17,18)/b5-4+. The van der Waals surface area contributed by atoms with Gasteiger partial charge in [0.15, 0.2) is 0 Å². The number of amidine groups is 1. The minimum Gasteiger partial charge on any atom is -0.405 e. The zero-order valence-electron chi connectivity index (χ0n) is 10.4. The van der Waals surface area contributed by atoms with Crippen LogP contribution in [0.2, 0.25) is 0 Å². The molecular weight excluding hydrogens is 226 g/mol. The largest absolute Gasteiger partial charge is 0.405 e. The summed E-state index contributed by atoms with van der Waals surface area (Å²) in [4.78, 5) is 3.74. The van der Waals surface area contributed by atoms with Crippen molar-refractivity contribution in [2.45, 2.75) is 13.3 Å². The van der Waals surface area contributed by atoms with Crippen LogP contribution >= 0.6 is 0 Å². The molecule has 0 spiro atoms. The maximum Gasteiger partial charge on any atom is 0.132 e. The number of hydrogen-bond acceptors (Lipinski definition) is 3. The molecule has 0 aromatic heterocycles. The first-order valence-electron chi connectivity index (χ1n) is 5.68. The molecule has 0 aliphatic rings. The van der Waals surface area contributed by atoms with Gasteiger partial charge in [-0.2, -0.15) is 0 Å². The number of hydrogen-bond donors (Lipinski definition) is 4. The Morgan fingerprint density at radius 2 is 2.22 bits per heavy atom. The summed E-state index contributed by atoms with van der Waals surface area (Å²) in [5.41, 5.74) is 19.5. The average molecular weight is 245 g/mol. The molecule has 0 radical (unpaired) electrons. The van der Waals surface area contributed by atoms with Crippen molar-refractivity contribution in [3.8, 4) is 0 Å². The van der Waals surface area contributed by atoms with Gasteiger partial charge < -0.3 is 17.2 Å². The lowest BCUT2D eigenvalue weighted by Crippen LogP contribution is -2.14. The lowest BCUT2D eigenvalue weighted by atomic mass is 9.97. The van der Waals surface area contributed by atoms with Crippen molar-refractivity contribution >= 4 is 17.9 Å². The zero-order chi connectivity index (χ0) is 13.5. The average Bonchev–Trinajstić information content (AvgIpc) is 2.32. The van der Waals surface area contributed by atoms with E-state index in [2.05, 4.69) is 11.9 Å². The van der Waals surface area contributed by atoms with Gasteiger partial charge in [-0.25, -0.2) is 4.99 Å². The van der Waals surface area contributed by atoms with E-state index in [0.717, 1.165) is 29.6 Å². The van der Waals surface area contributed by atoms with Crippen LogP contribution in [0.15, 0.2) is 35.5 Å². The molecule has 18 heavy (non-hydrogen) atoms. The van der Waals surface area contributed by atoms with Crippen LogP contribution < -0.4 is 17.2 Å². The van der Waals surface area contributed by atoms with Crippen molar-refractivity contribution in [3.05, 3.63) is 41.6 Å². The van der Waals surface area contributed by atoms with Gasteiger partial charge in [-0.3, -0.25) is 5.41 Å². The SMILES string of the molecule is CC(/C=C/N)Cc1cc(C(N)=NC=N)ccc1N. The van der Waals surface area contributed by atoms with Crippen molar-refractivity contribution in [2.24, 2.45) is 22.4 Å². The van der Waals surface area contributed by atoms with Crippen LogP contribution in [0.1, 0.15) is 18.1 Å². The molecule has 0 saturated heterocycles. The van der Waals surface area contributed by atoms with Crippen LogP contribution in [-0.2, 0) is 6.42 Å². The fraction of sp³-hybridized carbons (Fsp3) is 0.231. The predicted molar refractivity (Wildman–Crippen MR) is 76.6 cm³/mol. The lowest BCUT2D eigenvalue weighted by Gasteiger charge is -2.11. The number of rotatable bonds is 5. The number of nitrogens with zero attached hydrogens (tertiary/aromatic N) is 1. The van der Waals surface area contributed by atoms with Crippen molar-refractivity contribution in [3.63, 3.8) is 0 Å². The van der Waals surface area contributed by atoms with Crippen molar-refractivity contribution < 1.29 is 0 Å². The Bertz CT molecular complexity index is 476. The second kappa shape index (κ2) is 6.44. The van der Waals surface area contributed by atoms with Crippen LogP contribution in [0.25, 0.3) is 0 Å². The summed E-state index contributed by atoms with van der Waals surface area (Å²) in [5, 5.41) is 6.91. The summed E-state index contributed by atoms with van der Waals surface area (Å²) in [6.45, 7) is 2.06. The molecule has 1 rings (SSSR count). The van der Waals surface area contributed by atoms with Crippen LogP contribution in [0.4, 0.5) is 5.69 Å². The summed E-state index contributed by atoms with van der Waals surface area (Å²) in [6.07, 6.45) is 5.16. The monoisotopic (exact) mass is 245 g/mol. The fourth-order valence-electron chi connectivity index (χ4n) is 1.69. The smallest absolute Gasteiger partial charge is 0.132 e. The first kappa shape index (κ1) is 13.8. The van der Waals surface area contributed by atoms with Gasteiger partial charge in [-0.1, -0.05) is 13.0 Å². The Morgan fingerprint density at radius 1 is 1.50 bits per heavy atom. The van der Waals surface area contributed by atoms with Gasteiger partial charge in [0.05, 0.1) is 0 Å². The van der Waals surface area contributed by atoms with Gasteiger partial charge >= 0.3 is 0 Å². The maximum atomic E-state index is 6.91.